The summed E-state index contributed by atoms with van der Waals surface area (Å²) in [7, 11) is 0. The van der Waals surface area contributed by atoms with Crippen molar-refractivity contribution in [3.8, 4) is 0 Å². The molecule has 0 spiro atoms. The molecular formula is C12H12F6O7. The van der Waals surface area contributed by atoms with E-state index < -0.39 is 73.7 Å². The minimum absolute atomic E-state index is 1.50. The molecule has 0 amide bonds. The minimum Gasteiger partial charge on any atom is -0.481 e. The van der Waals surface area contributed by atoms with Crippen LogP contribution in [0, 0.1) is 11.8 Å². The van der Waals surface area contributed by atoms with E-state index in [1.165, 1.54) is 0 Å². The van der Waals surface area contributed by atoms with Crippen LogP contribution in [-0.4, -0.2) is 46.4 Å². The van der Waals surface area contributed by atoms with Gasteiger partial charge in [-0.25, -0.2) is 0 Å². The molecule has 7 nitrogen and oxygen atoms in total. The van der Waals surface area contributed by atoms with Crippen molar-refractivity contribution in [3.05, 3.63) is 0 Å². The zero-order valence-electron chi connectivity index (χ0n) is 12.2. The van der Waals surface area contributed by atoms with E-state index in [0.717, 1.165) is 0 Å². The zero-order chi connectivity index (χ0) is 20.0. The molecule has 0 aliphatic rings. The Kier molecular flexibility index (Phi) is 7.86. The Morgan fingerprint density at radius 1 is 0.680 bits per heavy atom. The summed E-state index contributed by atoms with van der Waals surface area (Å²) in [6.07, 6.45) is -16.4. The lowest BCUT2D eigenvalue weighted by atomic mass is 10.0. The SMILES string of the molecule is O=C(O)CC(CC(=O)OC(=O)CC(CC(=O)O)C(F)(F)F)C(F)(F)F. The highest BCUT2D eigenvalue weighted by molar-refractivity contribution is 5.86. The molecule has 0 bridgehead atoms. The lowest BCUT2D eigenvalue weighted by Gasteiger charge is -2.19. The third kappa shape index (κ3) is 9.52. The maximum atomic E-state index is 12.5. The second-order valence-corrected chi connectivity index (χ2v) is 4.93. The van der Waals surface area contributed by atoms with Crippen LogP contribution in [-0.2, 0) is 23.9 Å². The van der Waals surface area contributed by atoms with E-state index in [0.29, 0.717) is 0 Å². The molecule has 0 aliphatic carbocycles. The maximum absolute atomic E-state index is 12.5. The monoisotopic (exact) mass is 382 g/mol. The predicted octanol–water partition coefficient (Wildman–Crippen LogP) is 2.14. The van der Waals surface area contributed by atoms with E-state index in [1.807, 2.05) is 0 Å². The lowest BCUT2D eigenvalue weighted by Crippen LogP contribution is -2.31. The molecule has 0 rings (SSSR count). The number of hydrogen-bond acceptors (Lipinski definition) is 5. The van der Waals surface area contributed by atoms with E-state index in [4.69, 9.17) is 10.2 Å². The Balaban J connectivity index is 4.84. The van der Waals surface area contributed by atoms with Crippen LogP contribution in [0.4, 0.5) is 26.3 Å². The second-order valence-electron chi connectivity index (χ2n) is 4.93. The molecule has 0 aromatic rings. The van der Waals surface area contributed by atoms with E-state index in [2.05, 4.69) is 4.74 Å². The number of ether oxygens (including phenoxy) is 1. The Labute approximate surface area is 135 Å². The molecule has 0 saturated heterocycles. The average Bonchev–Trinajstić information content (AvgIpc) is 2.33. The first-order valence-corrected chi connectivity index (χ1v) is 6.43. The summed E-state index contributed by atoms with van der Waals surface area (Å²) >= 11 is 0. The van der Waals surface area contributed by atoms with Gasteiger partial charge in [0.2, 0.25) is 0 Å². The standard InChI is InChI=1S/C12H12F6O7/c13-11(14,15)5(1-7(19)20)3-9(23)25-10(24)4-6(2-8(21)22)12(16,17)18/h5-6H,1-4H2,(H,19,20)(H,21,22). The highest BCUT2D eigenvalue weighted by Crippen LogP contribution is 2.33. The van der Waals surface area contributed by atoms with Gasteiger partial charge in [0.05, 0.1) is 37.5 Å². The fraction of sp³-hybridized carbons (Fsp3) is 0.667. The number of hydrogen-bond donors (Lipinski definition) is 2. The van der Waals surface area contributed by atoms with Crippen molar-refractivity contribution in [2.24, 2.45) is 11.8 Å². The molecule has 0 aromatic heterocycles. The lowest BCUT2D eigenvalue weighted by molar-refractivity contribution is -0.196. The van der Waals surface area contributed by atoms with Gasteiger partial charge in [0.1, 0.15) is 0 Å². The highest BCUT2D eigenvalue weighted by atomic mass is 19.4. The quantitative estimate of drug-likeness (QED) is 0.375. The first-order valence-electron chi connectivity index (χ1n) is 6.43. The van der Waals surface area contributed by atoms with Gasteiger partial charge in [-0.15, -0.1) is 0 Å². The van der Waals surface area contributed by atoms with Crippen LogP contribution in [0.1, 0.15) is 25.7 Å². The summed E-state index contributed by atoms with van der Waals surface area (Å²) in [5, 5.41) is 16.7. The van der Waals surface area contributed by atoms with Crippen LogP contribution in [0.25, 0.3) is 0 Å². The van der Waals surface area contributed by atoms with Crippen molar-refractivity contribution in [3.63, 3.8) is 0 Å². The van der Waals surface area contributed by atoms with Gasteiger partial charge in [0, 0.05) is 0 Å². The number of halogens is 6. The molecule has 13 heteroatoms. The molecule has 25 heavy (non-hydrogen) atoms. The van der Waals surface area contributed by atoms with Crippen molar-refractivity contribution < 1.29 is 60.5 Å². The molecule has 0 saturated carbocycles. The van der Waals surface area contributed by atoms with E-state index in [9.17, 15) is 45.5 Å². The summed E-state index contributed by atoms with van der Waals surface area (Å²) < 4.78 is 78.9. The number of aliphatic carboxylic acids is 2. The third-order valence-electron chi connectivity index (χ3n) is 2.82. The summed E-state index contributed by atoms with van der Waals surface area (Å²) in [5.41, 5.74) is 0. The van der Waals surface area contributed by atoms with Gasteiger partial charge in [-0.05, 0) is 0 Å². The molecule has 0 radical (unpaired) electrons. The van der Waals surface area contributed by atoms with Crippen LogP contribution in [0.5, 0.6) is 0 Å². The number of carbonyl (C=O) groups excluding carboxylic acids is 2. The van der Waals surface area contributed by atoms with Gasteiger partial charge in [0.25, 0.3) is 0 Å². The Morgan fingerprint density at radius 3 is 1.16 bits per heavy atom. The molecular weight excluding hydrogens is 370 g/mol. The van der Waals surface area contributed by atoms with Gasteiger partial charge in [-0.1, -0.05) is 0 Å². The van der Waals surface area contributed by atoms with Crippen molar-refractivity contribution in [2.75, 3.05) is 0 Å². The second kappa shape index (κ2) is 8.67. The third-order valence-corrected chi connectivity index (χ3v) is 2.82. The van der Waals surface area contributed by atoms with Crippen molar-refractivity contribution in [1.29, 1.82) is 0 Å². The van der Waals surface area contributed by atoms with E-state index in [1.54, 1.807) is 0 Å². The number of carbonyl (C=O) groups is 4. The smallest absolute Gasteiger partial charge is 0.392 e. The van der Waals surface area contributed by atoms with Crippen LogP contribution in [0.3, 0.4) is 0 Å². The zero-order valence-corrected chi connectivity index (χ0v) is 12.2. The highest BCUT2D eigenvalue weighted by Gasteiger charge is 2.44. The fourth-order valence-electron chi connectivity index (χ4n) is 1.64. The maximum Gasteiger partial charge on any atom is 0.392 e. The average molecular weight is 382 g/mol. The van der Waals surface area contributed by atoms with Crippen LogP contribution < -0.4 is 0 Å². The summed E-state index contributed by atoms with van der Waals surface area (Å²) in [6, 6.07) is 0. The summed E-state index contributed by atoms with van der Waals surface area (Å²) in [6.45, 7) is 0. The fourth-order valence-corrected chi connectivity index (χ4v) is 1.64. The van der Waals surface area contributed by atoms with Gasteiger partial charge >= 0.3 is 36.2 Å². The first-order chi connectivity index (χ1) is 11.1. The van der Waals surface area contributed by atoms with Crippen LogP contribution in [0.15, 0.2) is 0 Å². The number of carboxylic acids is 2. The number of alkyl halides is 6. The predicted molar refractivity (Wildman–Crippen MR) is 63.9 cm³/mol. The topological polar surface area (TPSA) is 118 Å². The number of rotatable bonds is 8. The molecule has 0 aromatic carbocycles. The molecule has 2 N–H and O–H groups in total. The molecule has 2 atom stereocenters. The molecule has 0 heterocycles. The van der Waals surface area contributed by atoms with Gasteiger partial charge in [0.15, 0.2) is 0 Å². The van der Waals surface area contributed by atoms with Crippen LogP contribution >= 0.6 is 0 Å². The largest absolute Gasteiger partial charge is 0.481 e. The van der Waals surface area contributed by atoms with Crippen molar-refractivity contribution >= 4 is 23.9 Å². The Morgan fingerprint density at radius 2 is 0.960 bits per heavy atom. The molecule has 144 valence electrons. The minimum atomic E-state index is -5.11. The Hall–Kier alpha value is -2.34. The molecule has 2 unspecified atom stereocenters. The van der Waals surface area contributed by atoms with Gasteiger partial charge in [-0.2, -0.15) is 26.3 Å². The number of carboxylic acid groups (broad SMARTS) is 2. The Bertz CT molecular complexity index is 479. The van der Waals surface area contributed by atoms with Crippen molar-refractivity contribution in [1.82, 2.24) is 0 Å². The van der Waals surface area contributed by atoms with Crippen molar-refractivity contribution in [2.45, 2.75) is 38.0 Å². The van der Waals surface area contributed by atoms with Crippen LogP contribution in [0.2, 0.25) is 0 Å². The normalized spacial score (nSPS) is 14.5. The molecule has 0 fully saturated rings. The number of esters is 2. The van der Waals surface area contributed by atoms with E-state index >= 15 is 0 Å². The van der Waals surface area contributed by atoms with Gasteiger partial charge < -0.3 is 14.9 Å². The first kappa shape index (κ1) is 22.7. The van der Waals surface area contributed by atoms with Gasteiger partial charge in [-0.3, -0.25) is 19.2 Å². The summed E-state index contributed by atoms with van der Waals surface area (Å²) in [5.74, 6) is -12.9. The van der Waals surface area contributed by atoms with E-state index in [-0.39, 0.29) is 0 Å². The summed E-state index contributed by atoms with van der Waals surface area (Å²) in [4.78, 5) is 43.1. The molecule has 0 aliphatic heterocycles.